The van der Waals surface area contributed by atoms with Gasteiger partial charge in [-0.1, -0.05) is 10.5 Å². The molecule has 0 spiro atoms. The summed E-state index contributed by atoms with van der Waals surface area (Å²) in [5.41, 5.74) is -0.149. The van der Waals surface area contributed by atoms with Gasteiger partial charge in [0, 0.05) is 17.2 Å². The lowest BCUT2D eigenvalue weighted by Crippen LogP contribution is -2.09. The number of hydrogen-bond acceptors (Lipinski definition) is 5. The second-order valence-electron chi connectivity index (χ2n) is 5.71. The van der Waals surface area contributed by atoms with Crippen molar-refractivity contribution in [3.8, 4) is 17.6 Å². The van der Waals surface area contributed by atoms with Gasteiger partial charge >= 0.3 is 0 Å². The van der Waals surface area contributed by atoms with Crippen LogP contribution in [0.5, 0.6) is 11.5 Å². The highest BCUT2D eigenvalue weighted by Crippen LogP contribution is 2.52. The van der Waals surface area contributed by atoms with Crippen molar-refractivity contribution in [2.75, 3.05) is 6.26 Å². The maximum atomic E-state index is 14.4. The molecule has 0 saturated carbocycles. The Hall–Kier alpha value is -2.57. The fourth-order valence-corrected chi connectivity index (χ4v) is 3.33. The molecule has 4 atom stereocenters. The van der Waals surface area contributed by atoms with E-state index in [0.29, 0.717) is 0 Å². The van der Waals surface area contributed by atoms with Crippen LogP contribution in [0.3, 0.4) is 0 Å². The van der Waals surface area contributed by atoms with Gasteiger partial charge in [-0.2, -0.15) is 5.26 Å². The predicted molar refractivity (Wildman–Crippen MR) is 90.8 cm³/mol. The standard InChI is InChI=1S/C17H14F3N3O2S/c1-26(22)23-11-2-3-12(14-13(11)17(24)16(20)15(14)19)25-10-5-8(7-21)4-9(18)6-10/h2-6,15-17,22,24,26H,1H3/t15?,16?,17-/m0/s1. The first-order chi connectivity index (χ1) is 12.3. The van der Waals surface area contributed by atoms with Gasteiger partial charge in [-0.25, -0.2) is 17.5 Å². The average molecular weight is 381 g/mol. The molecular weight excluding hydrogens is 367 g/mol. The summed E-state index contributed by atoms with van der Waals surface area (Å²) in [4.78, 5) is 0. The molecule has 0 bridgehead atoms. The Morgan fingerprint density at radius 2 is 2.00 bits per heavy atom. The lowest BCUT2D eigenvalue weighted by atomic mass is 10.1. The van der Waals surface area contributed by atoms with Crippen molar-refractivity contribution in [1.82, 2.24) is 0 Å². The maximum absolute atomic E-state index is 14.4. The van der Waals surface area contributed by atoms with E-state index in [9.17, 15) is 18.3 Å². The summed E-state index contributed by atoms with van der Waals surface area (Å²) in [7, 11) is -1.51. The van der Waals surface area contributed by atoms with E-state index in [1.165, 1.54) is 24.5 Å². The zero-order valence-corrected chi connectivity index (χ0v) is 14.3. The predicted octanol–water partition coefficient (Wildman–Crippen LogP) is 4.44. The summed E-state index contributed by atoms with van der Waals surface area (Å²) in [5.74, 6) is -0.880. The summed E-state index contributed by atoms with van der Waals surface area (Å²) < 4.78 is 59.1. The van der Waals surface area contributed by atoms with Crippen LogP contribution in [0.4, 0.5) is 18.9 Å². The Labute approximate surface area is 149 Å². The quantitative estimate of drug-likeness (QED) is 0.687. The minimum Gasteiger partial charge on any atom is -0.457 e. The van der Waals surface area contributed by atoms with Gasteiger partial charge in [0.2, 0.25) is 0 Å². The molecule has 0 radical (unpaired) electrons. The molecule has 1 aliphatic rings. The fourth-order valence-electron chi connectivity index (χ4n) is 2.83. The van der Waals surface area contributed by atoms with Crippen LogP contribution in [-0.2, 0) is 10.5 Å². The first-order valence-corrected chi connectivity index (χ1v) is 9.24. The lowest BCUT2D eigenvalue weighted by molar-refractivity contribution is 0.0468. The summed E-state index contributed by atoms with van der Waals surface area (Å²) in [6, 6.07) is 7.76. The van der Waals surface area contributed by atoms with Gasteiger partial charge in [0.15, 0.2) is 12.3 Å². The van der Waals surface area contributed by atoms with Crippen LogP contribution in [0.2, 0.25) is 0 Å². The molecule has 0 fully saturated rings. The van der Waals surface area contributed by atoms with Gasteiger partial charge in [-0.05, 0) is 30.5 Å². The van der Waals surface area contributed by atoms with Crippen LogP contribution in [-0.4, -0.2) is 17.5 Å². The van der Waals surface area contributed by atoms with E-state index >= 15 is 0 Å². The minimum atomic E-state index is -2.19. The molecule has 0 aromatic heterocycles. The zero-order chi connectivity index (χ0) is 19.0. The third kappa shape index (κ3) is 3.25. The van der Waals surface area contributed by atoms with E-state index in [1.807, 2.05) is 0 Å². The number of nitriles is 1. The van der Waals surface area contributed by atoms with Crippen LogP contribution in [0.15, 0.2) is 34.7 Å². The molecule has 2 aromatic carbocycles. The summed E-state index contributed by atoms with van der Waals surface area (Å²) in [5, 5.41) is 18.9. The zero-order valence-electron chi connectivity index (χ0n) is 13.4. The van der Waals surface area contributed by atoms with Crippen molar-refractivity contribution >= 4 is 16.2 Å². The fraction of sp³-hybridized carbons (Fsp3) is 0.235. The molecule has 136 valence electrons. The highest BCUT2D eigenvalue weighted by atomic mass is 32.2. The summed E-state index contributed by atoms with van der Waals surface area (Å²) in [6.45, 7) is 0. The summed E-state index contributed by atoms with van der Waals surface area (Å²) >= 11 is 0. The minimum absolute atomic E-state index is 0.00861. The van der Waals surface area contributed by atoms with Gasteiger partial charge in [0.05, 0.1) is 17.3 Å². The Morgan fingerprint density at radius 3 is 2.65 bits per heavy atom. The number of nitrogens with one attached hydrogen (secondary N) is 1. The number of benzene rings is 2. The molecular formula is C17H14F3N3O2S. The molecule has 3 unspecified atom stereocenters. The number of ether oxygens (including phenoxy) is 1. The number of aliphatic hydroxyl groups is 1. The second kappa shape index (κ2) is 6.97. The average Bonchev–Trinajstić information content (AvgIpc) is 2.81. The molecule has 1 aliphatic carbocycles. The van der Waals surface area contributed by atoms with Gasteiger partial charge in [0.25, 0.3) is 0 Å². The number of hydrogen-bond donors (Lipinski definition) is 3. The number of halogens is 3. The highest BCUT2D eigenvalue weighted by molar-refractivity contribution is 7.75. The first-order valence-electron chi connectivity index (χ1n) is 7.50. The van der Waals surface area contributed by atoms with Gasteiger partial charge in [-0.15, -0.1) is 0 Å². The third-order valence-electron chi connectivity index (χ3n) is 3.86. The topological polar surface area (TPSA) is 89.5 Å². The highest BCUT2D eigenvalue weighted by Gasteiger charge is 2.44. The van der Waals surface area contributed by atoms with Crippen molar-refractivity contribution in [1.29, 1.82) is 10.0 Å². The molecule has 2 aromatic rings. The van der Waals surface area contributed by atoms with Crippen LogP contribution >= 0.6 is 0 Å². The van der Waals surface area contributed by atoms with Crippen molar-refractivity contribution in [3.05, 3.63) is 52.8 Å². The Balaban J connectivity index is 2.13. The normalized spacial score (nSPS) is 22.7. The molecule has 26 heavy (non-hydrogen) atoms. The SMILES string of the molecule is C/[SH](=N)=N\c1ccc(Oc2cc(F)cc(C#N)c2)c2c1[C@H](O)C(F)C2F. The smallest absolute Gasteiger partial charge is 0.165 e. The molecule has 0 aliphatic heterocycles. The van der Waals surface area contributed by atoms with Crippen LogP contribution in [0, 0.1) is 21.9 Å². The molecule has 5 nitrogen and oxygen atoms in total. The van der Waals surface area contributed by atoms with E-state index in [0.717, 1.165) is 12.1 Å². The number of alkyl halides is 2. The molecule has 9 heteroatoms. The Morgan fingerprint density at radius 1 is 1.27 bits per heavy atom. The van der Waals surface area contributed by atoms with Crippen molar-refractivity contribution in [2.24, 2.45) is 4.36 Å². The van der Waals surface area contributed by atoms with E-state index in [2.05, 4.69) is 4.36 Å². The van der Waals surface area contributed by atoms with Gasteiger partial charge in [-0.3, -0.25) is 4.78 Å². The summed E-state index contributed by atoms with van der Waals surface area (Å²) in [6.07, 6.45) is -4.55. The van der Waals surface area contributed by atoms with Gasteiger partial charge in [0.1, 0.15) is 23.4 Å². The number of fused-ring (bicyclic) bond motifs is 1. The third-order valence-corrected chi connectivity index (χ3v) is 4.38. The number of nitrogens with zero attached hydrogens (tertiary/aromatic N) is 2. The van der Waals surface area contributed by atoms with Crippen LogP contribution in [0.25, 0.3) is 0 Å². The van der Waals surface area contributed by atoms with Crippen molar-refractivity contribution in [3.63, 3.8) is 0 Å². The largest absolute Gasteiger partial charge is 0.457 e. The van der Waals surface area contributed by atoms with Crippen molar-refractivity contribution < 1.29 is 23.0 Å². The second-order valence-corrected chi connectivity index (χ2v) is 6.96. The van der Waals surface area contributed by atoms with Crippen LogP contribution < -0.4 is 4.74 Å². The molecule has 0 amide bonds. The van der Waals surface area contributed by atoms with Crippen molar-refractivity contribution in [2.45, 2.75) is 18.4 Å². The van der Waals surface area contributed by atoms with E-state index in [-0.39, 0.29) is 33.9 Å². The van der Waals surface area contributed by atoms with E-state index in [1.54, 1.807) is 6.07 Å². The molecule has 0 saturated heterocycles. The van der Waals surface area contributed by atoms with E-state index in [4.69, 9.17) is 14.8 Å². The Bertz CT molecular complexity index is 999. The lowest BCUT2D eigenvalue weighted by Gasteiger charge is -2.14. The number of thiol groups is 1. The molecule has 0 heterocycles. The first kappa shape index (κ1) is 18.2. The van der Waals surface area contributed by atoms with Crippen LogP contribution in [0.1, 0.15) is 29.0 Å². The van der Waals surface area contributed by atoms with Gasteiger partial charge < -0.3 is 9.84 Å². The molecule has 3 rings (SSSR count). The number of rotatable bonds is 3. The monoisotopic (exact) mass is 381 g/mol. The maximum Gasteiger partial charge on any atom is 0.165 e. The Kier molecular flexibility index (Phi) is 4.89. The molecule has 2 N–H and O–H groups in total. The number of aliphatic hydroxyl groups excluding tert-OH is 1. The van der Waals surface area contributed by atoms with E-state index < -0.39 is 34.8 Å².